The molecule has 0 heterocycles. The average molecular weight is 304 g/mol. The van der Waals surface area contributed by atoms with Crippen molar-refractivity contribution in [2.75, 3.05) is 6.54 Å². The van der Waals surface area contributed by atoms with E-state index in [1.807, 2.05) is 43.3 Å². The summed E-state index contributed by atoms with van der Waals surface area (Å²) >= 11 is 0. The van der Waals surface area contributed by atoms with Gasteiger partial charge in [-0.15, -0.1) is 0 Å². The third-order valence-electron chi connectivity index (χ3n) is 3.36. The molecule has 3 N–H and O–H groups in total. The third kappa shape index (κ3) is 3.69. The summed E-state index contributed by atoms with van der Waals surface area (Å²) in [5.41, 5.74) is 8.34. The summed E-state index contributed by atoms with van der Waals surface area (Å²) in [6.07, 6.45) is 0. The molecule has 0 aliphatic carbocycles. The first-order valence-corrected chi connectivity index (χ1v) is 8.27. The first-order valence-electron chi connectivity index (χ1n) is 6.78. The summed E-state index contributed by atoms with van der Waals surface area (Å²) in [6, 6.07) is 14.2. The molecule has 4 nitrogen and oxygen atoms in total. The van der Waals surface area contributed by atoms with Crippen molar-refractivity contribution >= 4 is 10.0 Å². The smallest absolute Gasteiger partial charge is 0.241 e. The molecule has 2 aromatic carbocycles. The lowest BCUT2D eigenvalue weighted by Crippen LogP contribution is -2.33. The maximum atomic E-state index is 12.5. The quantitative estimate of drug-likeness (QED) is 0.890. The molecule has 0 saturated heterocycles. The highest BCUT2D eigenvalue weighted by molar-refractivity contribution is 7.89. The van der Waals surface area contributed by atoms with Crippen LogP contribution in [0, 0.1) is 13.8 Å². The van der Waals surface area contributed by atoms with Gasteiger partial charge in [-0.2, -0.15) is 0 Å². The number of rotatable bonds is 5. The summed E-state index contributed by atoms with van der Waals surface area (Å²) in [6.45, 7) is 3.93. The molecule has 0 aromatic heterocycles. The largest absolute Gasteiger partial charge is 0.329 e. The lowest BCUT2D eigenvalue weighted by molar-refractivity contribution is 0.558. The van der Waals surface area contributed by atoms with Crippen LogP contribution in [-0.2, 0) is 10.0 Å². The van der Waals surface area contributed by atoms with Crippen LogP contribution in [0.4, 0.5) is 0 Å². The van der Waals surface area contributed by atoms with Crippen LogP contribution >= 0.6 is 0 Å². The normalized spacial score (nSPS) is 13.1. The highest BCUT2D eigenvalue weighted by Crippen LogP contribution is 2.20. The van der Waals surface area contributed by atoms with Crippen LogP contribution in [0.1, 0.15) is 22.7 Å². The Labute approximate surface area is 126 Å². The molecular formula is C16H20N2O2S. The molecule has 5 heteroatoms. The van der Waals surface area contributed by atoms with Crippen LogP contribution in [-0.4, -0.2) is 15.0 Å². The van der Waals surface area contributed by atoms with E-state index in [-0.39, 0.29) is 6.54 Å². The second kappa shape index (κ2) is 6.39. The molecule has 0 spiro atoms. The molecule has 0 aliphatic rings. The van der Waals surface area contributed by atoms with Crippen molar-refractivity contribution < 1.29 is 8.42 Å². The molecule has 1 unspecified atom stereocenters. The minimum Gasteiger partial charge on any atom is -0.329 e. The zero-order valence-electron chi connectivity index (χ0n) is 12.2. The molecule has 0 aliphatic heterocycles. The summed E-state index contributed by atoms with van der Waals surface area (Å²) in [4.78, 5) is 0.294. The first kappa shape index (κ1) is 15.7. The molecule has 21 heavy (non-hydrogen) atoms. The molecule has 1 atom stereocenters. The van der Waals surface area contributed by atoms with Crippen LogP contribution in [0.5, 0.6) is 0 Å². The Morgan fingerprint density at radius 1 is 1.10 bits per heavy atom. The molecule has 0 radical (unpaired) electrons. The average Bonchev–Trinajstić information content (AvgIpc) is 2.45. The fourth-order valence-corrected chi connectivity index (χ4v) is 3.75. The van der Waals surface area contributed by atoms with E-state index in [1.165, 1.54) is 0 Å². The van der Waals surface area contributed by atoms with Gasteiger partial charge in [-0.1, -0.05) is 48.0 Å². The Morgan fingerprint density at radius 2 is 1.76 bits per heavy atom. The van der Waals surface area contributed by atoms with Gasteiger partial charge < -0.3 is 5.73 Å². The van der Waals surface area contributed by atoms with Gasteiger partial charge in [0.15, 0.2) is 0 Å². The van der Waals surface area contributed by atoms with Gasteiger partial charge in [0.05, 0.1) is 10.9 Å². The SMILES string of the molecule is Cc1ccc(S(=O)(=O)NC(CN)c2ccccc2)c(C)c1. The van der Waals surface area contributed by atoms with Gasteiger partial charge in [-0.3, -0.25) is 0 Å². The zero-order chi connectivity index (χ0) is 15.5. The van der Waals surface area contributed by atoms with Gasteiger partial charge >= 0.3 is 0 Å². The second-order valence-corrected chi connectivity index (χ2v) is 6.77. The van der Waals surface area contributed by atoms with Crippen molar-refractivity contribution in [2.45, 2.75) is 24.8 Å². The highest BCUT2D eigenvalue weighted by atomic mass is 32.2. The van der Waals surface area contributed by atoms with Crippen LogP contribution in [0.2, 0.25) is 0 Å². The maximum Gasteiger partial charge on any atom is 0.241 e. The fraction of sp³-hybridized carbons (Fsp3) is 0.250. The fourth-order valence-electron chi connectivity index (χ4n) is 2.29. The van der Waals surface area contributed by atoms with E-state index in [9.17, 15) is 8.42 Å². The number of benzene rings is 2. The minimum atomic E-state index is -3.60. The van der Waals surface area contributed by atoms with Crippen molar-refractivity contribution in [3.05, 3.63) is 65.2 Å². The van der Waals surface area contributed by atoms with E-state index in [0.717, 1.165) is 16.7 Å². The van der Waals surface area contributed by atoms with Gasteiger partial charge in [0.25, 0.3) is 0 Å². The van der Waals surface area contributed by atoms with Gasteiger partial charge in [0.2, 0.25) is 10.0 Å². The second-order valence-electron chi connectivity index (χ2n) is 5.09. The molecule has 0 bridgehead atoms. The Hall–Kier alpha value is -1.69. The van der Waals surface area contributed by atoms with E-state index in [0.29, 0.717) is 4.90 Å². The Balaban J connectivity index is 2.32. The molecule has 2 rings (SSSR count). The molecule has 0 fully saturated rings. The van der Waals surface area contributed by atoms with Crippen molar-refractivity contribution in [2.24, 2.45) is 5.73 Å². The first-order chi connectivity index (χ1) is 9.94. The van der Waals surface area contributed by atoms with Gasteiger partial charge in [0, 0.05) is 6.54 Å². The van der Waals surface area contributed by atoms with E-state index < -0.39 is 16.1 Å². The van der Waals surface area contributed by atoms with Crippen LogP contribution < -0.4 is 10.5 Å². The van der Waals surface area contributed by atoms with Gasteiger partial charge in [-0.05, 0) is 31.0 Å². The minimum absolute atomic E-state index is 0.203. The molecular weight excluding hydrogens is 284 g/mol. The van der Waals surface area contributed by atoms with Crippen molar-refractivity contribution in [1.82, 2.24) is 4.72 Å². The summed E-state index contributed by atoms with van der Waals surface area (Å²) in [5.74, 6) is 0. The standard InChI is InChI=1S/C16H20N2O2S/c1-12-8-9-16(13(2)10-12)21(19,20)18-15(11-17)14-6-4-3-5-7-14/h3-10,15,18H,11,17H2,1-2H3. The van der Waals surface area contributed by atoms with Crippen LogP contribution in [0.3, 0.4) is 0 Å². The van der Waals surface area contributed by atoms with Crippen molar-refractivity contribution in [3.63, 3.8) is 0 Å². The Kier molecular flexibility index (Phi) is 4.77. The molecule has 2 aromatic rings. The molecule has 112 valence electrons. The number of aryl methyl sites for hydroxylation is 2. The van der Waals surface area contributed by atoms with Crippen molar-refractivity contribution in [1.29, 1.82) is 0 Å². The summed E-state index contributed by atoms with van der Waals surface area (Å²) < 4.78 is 27.8. The number of sulfonamides is 1. The van der Waals surface area contributed by atoms with Crippen LogP contribution in [0.15, 0.2) is 53.4 Å². The molecule has 0 amide bonds. The zero-order valence-corrected chi connectivity index (χ0v) is 13.0. The van der Waals surface area contributed by atoms with E-state index >= 15 is 0 Å². The monoisotopic (exact) mass is 304 g/mol. The Bertz CT molecular complexity index is 712. The van der Waals surface area contributed by atoms with E-state index in [2.05, 4.69) is 4.72 Å². The Morgan fingerprint density at radius 3 is 2.33 bits per heavy atom. The summed E-state index contributed by atoms with van der Waals surface area (Å²) in [5, 5.41) is 0. The topological polar surface area (TPSA) is 72.2 Å². The summed E-state index contributed by atoms with van der Waals surface area (Å²) in [7, 11) is -3.60. The lowest BCUT2D eigenvalue weighted by Gasteiger charge is -2.18. The number of hydrogen-bond donors (Lipinski definition) is 2. The van der Waals surface area contributed by atoms with Crippen LogP contribution in [0.25, 0.3) is 0 Å². The number of nitrogens with two attached hydrogens (primary N) is 1. The van der Waals surface area contributed by atoms with E-state index in [1.54, 1.807) is 19.1 Å². The highest BCUT2D eigenvalue weighted by Gasteiger charge is 2.21. The van der Waals surface area contributed by atoms with Crippen molar-refractivity contribution in [3.8, 4) is 0 Å². The molecule has 0 saturated carbocycles. The lowest BCUT2D eigenvalue weighted by atomic mass is 10.1. The van der Waals surface area contributed by atoms with Gasteiger partial charge in [0.1, 0.15) is 0 Å². The number of hydrogen-bond acceptors (Lipinski definition) is 3. The predicted molar refractivity (Wildman–Crippen MR) is 84.5 cm³/mol. The maximum absolute atomic E-state index is 12.5. The number of nitrogens with one attached hydrogen (secondary N) is 1. The third-order valence-corrected chi connectivity index (χ3v) is 4.99. The van der Waals surface area contributed by atoms with E-state index in [4.69, 9.17) is 5.73 Å². The predicted octanol–water partition coefficient (Wildman–Crippen LogP) is 2.28. The van der Waals surface area contributed by atoms with Gasteiger partial charge in [-0.25, -0.2) is 13.1 Å².